The van der Waals surface area contributed by atoms with Crippen molar-refractivity contribution in [3.8, 4) is 0 Å². The number of aryl methyl sites for hydroxylation is 1. The molecule has 0 amide bonds. The van der Waals surface area contributed by atoms with E-state index in [4.69, 9.17) is 5.73 Å². The second-order valence-electron chi connectivity index (χ2n) is 5.80. The minimum Gasteiger partial charge on any atom is -0.399 e. The molecule has 0 aliphatic heterocycles. The SMILES string of the molecule is C=C(N)c1c(C)[nH]c(/C=c2\c(=C)[nH]c3c2=CCC(F)C=3)c1C. The van der Waals surface area contributed by atoms with Crippen LogP contribution < -0.4 is 26.9 Å². The summed E-state index contributed by atoms with van der Waals surface area (Å²) < 4.78 is 13.5. The van der Waals surface area contributed by atoms with Crippen molar-refractivity contribution in [2.45, 2.75) is 26.4 Å². The van der Waals surface area contributed by atoms with E-state index in [2.05, 4.69) is 23.1 Å². The molecule has 0 saturated heterocycles. The zero-order chi connectivity index (χ0) is 16.0. The van der Waals surface area contributed by atoms with Gasteiger partial charge in [-0.3, -0.25) is 0 Å². The van der Waals surface area contributed by atoms with Crippen molar-refractivity contribution in [2.75, 3.05) is 0 Å². The van der Waals surface area contributed by atoms with E-state index in [9.17, 15) is 4.39 Å². The lowest BCUT2D eigenvalue weighted by atomic mass is 10.1. The Morgan fingerprint density at radius 3 is 2.77 bits per heavy atom. The lowest BCUT2D eigenvalue weighted by molar-refractivity contribution is 0.427. The van der Waals surface area contributed by atoms with Crippen molar-refractivity contribution in [3.63, 3.8) is 0 Å². The number of nitrogens with one attached hydrogen (secondary N) is 2. The number of nitrogens with two attached hydrogens (primary N) is 1. The fourth-order valence-corrected chi connectivity index (χ4v) is 3.14. The molecule has 0 aromatic carbocycles. The van der Waals surface area contributed by atoms with Crippen LogP contribution in [-0.2, 0) is 0 Å². The topological polar surface area (TPSA) is 57.6 Å². The van der Waals surface area contributed by atoms with Crippen LogP contribution in [0.5, 0.6) is 0 Å². The Labute approximate surface area is 128 Å². The average Bonchev–Trinajstić information content (AvgIpc) is 2.87. The number of fused-ring (bicyclic) bond motifs is 1. The van der Waals surface area contributed by atoms with Crippen LogP contribution in [0, 0.1) is 13.8 Å². The fraction of sp³-hybridized carbons (Fsp3) is 0.222. The van der Waals surface area contributed by atoms with Gasteiger partial charge >= 0.3 is 0 Å². The first-order valence-corrected chi connectivity index (χ1v) is 7.27. The van der Waals surface area contributed by atoms with E-state index in [1.807, 2.05) is 26.0 Å². The van der Waals surface area contributed by atoms with Gasteiger partial charge in [-0.05, 0) is 31.6 Å². The van der Waals surface area contributed by atoms with E-state index < -0.39 is 6.17 Å². The highest BCUT2D eigenvalue weighted by atomic mass is 19.1. The standard InChI is InChI=1S/C18H20FN3/c1-9-16(22-12(4)18(9)10(2)20)8-15-11(3)21-17-7-13(19)5-6-14(15)17/h6-8,13,21-22H,2-3,5,20H2,1,4H3/b15-8+. The zero-order valence-electron chi connectivity index (χ0n) is 12.9. The summed E-state index contributed by atoms with van der Waals surface area (Å²) >= 11 is 0. The number of halogens is 1. The summed E-state index contributed by atoms with van der Waals surface area (Å²) in [6.07, 6.45) is 5.04. The molecule has 22 heavy (non-hydrogen) atoms. The van der Waals surface area contributed by atoms with Gasteiger partial charge in [0.25, 0.3) is 0 Å². The second-order valence-corrected chi connectivity index (χ2v) is 5.80. The molecule has 0 fully saturated rings. The second kappa shape index (κ2) is 5.05. The molecule has 2 aromatic heterocycles. The Bertz CT molecular complexity index is 989. The predicted molar refractivity (Wildman–Crippen MR) is 90.3 cm³/mol. The van der Waals surface area contributed by atoms with Gasteiger partial charge in [-0.15, -0.1) is 0 Å². The predicted octanol–water partition coefficient (Wildman–Crippen LogP) is 0.431. The van der Waals surface area contributed by atoms with Crippen molar-refractivity contribution in [2.24, 2.45) is 5.73 Å². The summed E-state index contributed by atoms with van der Waals surface area (Å²) in [5.74, 6) is 0. The highest BCUT2D eigenvalue weighted by Crippen LogP contribution is 2.21. The van der Waals surface area contributed by atoms with Gasteiger partial charge in [0.15, 0.2) is 0 Å². The van der Waals surface area contributed by atoms with E-state index >= 15 is 0 Å². The molecule has 1 unspecified atom stereocenters. The maximum Gasteiger partial charge on any atom is 0.124 e. The summed E-state index contributed by atoms with van der Waals surface area (Å²) in [6, 6.07) is 0. The largest absolute Gasteiger partial charge is 0.399 e. The molecule has 114 valence electrons. The maximum absolute atomic E-state index is 13.5. The summed E-state index contributed by atoms with van der Waals surface area (Å²) in [4.78, 5) is 6.49. The van der Waals surface area contributed by atoms with E-state index in [-0.39, 0.29) is 0 Å². The van der Waals surface area contributed by atoms with Gasteiger partial charge in [0.05, 0.1) is 0 Å². The number of rotatable bonds is 2. The van der Waals surface area contributed by atoms with Crippen molar-refractivity contribution >= 4 is 30.5 Å². The molecule has 1 aliphatic carbocycles. The van der Waals surface area contributed by atoms with Crippen molar-refractivity contribution < 1.29 is 4.39 Å². The number of hydrogen-bond donors (Lipinski definition) is 3. The normalized spacial score (nSPS) is 17.8. The quantitative estimate of drug-likeness (QED) is 0.740. The molecule has 1 atom stereocenters. The maximum atomic E-state index is 13.5. The molecule has 3 nitrogen and oxygen atoms in total. The molecule has 2 heterocycles. The van der Waals surface area contributed by atoms with Crippen LogP contribution in [0.2, 0.25) is 0 Å². The summed E-state index contributed by atoms with van der Waals surface area (Å²) in [7, 11) is 0. The Morgan fingerprint density at radius 1 is 1.41 bits per heavy atom. The number of hydrogen-bond acceptors (Lipinski definition) is 1. The minimum atomic E-state index is -0.931. The van der Waals surface area contributed by atoms with Crippen LogP contribution in [0.3, 0.4) is 0 Å². The molecule has 0 bridgehead atoms. The van der Waals surface area contributed by atoms with Gasteiger partial charge in [-0.2, -0.15) is 0 Å². The first-order valence-electron chi connectivity index (χ1n) is 7.27. The van der Waals surface area contributed by atoms with Crippen LogP contribution in [0.4, 0.5) is 4.39 Å². The van der Waals surface area contributed by atoms with Crippen LogP contribution in [0.1, 0.15) is 28.9 Å². The van der Waals surface area contributed by atoms with E-state index in [1.165, 1.54) is 0 Å². The van der Waals surface area contributed by atoms with Gasteiger partial charge in [0, 0.05) is 50.2 Å². The van der Waals surface area contributed by atoms with E-state index in [1.54, 1.807) is 6.08 Å². The Kier molecular flexibility index (Phi) is 3.32. The zero-order valence-corrected chi connectivity index (χ0v) is 12.9. The van der Waals surface area contributed by atoms with Crippen LogP contribution in [-0.4, -0.2) is 16.1 Å². The van der Waals surface area contributed by atoms with E-state index in [0.717, 1.165) is 43.7 Å². The van der Waals surface area contributed by atoms with Crippen LogP contribution in [0.25, 0.3) is 30.5 Å². The van der Waals surface area contributed by atoms with Crippen molar-refractivity contribution in [3.05, 3.63) is 50.2 Å². The lowest BCUT2D eigenvalue weighted by Gasteiger charge is -2.01. The first-order chi connectivity index (χ1) is 10.4. The van der Waals surface area contributed by atoms with Gasteiger partial charge in [-0.25, -0.2) is 4.39 Å². The molecule has 4 heteroatoms. The Hall–Kier alpha value is -2.49. The monoisotopic (exact) mass is 297 g/mol. The lowest BCUT2D eigenvalue weighted by Crippen LogP contribution is -2.39. The third-order valence-electron chi connectivity index (χ3n) is 4.17. The van der Waals surface area contributed by atoms with Crippen LogP contribution in [0.15, 0.2) is 6.58 Å². The van der Waals surface area contributed by atoms with Gasteiger partial charge in [0.2, 0.25) is 0 Å². The third kappa shape index (κ3) is 2.21. The minimum absolute atomic E-state index is 0.402. The third-order valence-corrected chi connectivity index (χ3v) is 4.17. The molecule has 3 rings (SSSR count). The molecule has 0 saturated carbocycles. The average molecular weight is 297 g/mol. The Balaban J connectivity index is 2.29. The molecule has 0 radical (unpaired) electrons. The highest BCUT2D eigenvalue weighted by Gasteiger charge is 2.12. The van der Waals surface area contributed by atoms with Crippen molar-refractivity contribution in [1.82, 2.24) is 9.97 Å². The molecular formula is C18H20FN3. The van der Waals surface area contributed by atoms with Crippen molar-refractivity contribution in [1.29, 1.82) is 0 Å². The fourth-order valence-electron chi connectivity index (χ4n) is 3.14. The first kappa shape index (κ1) is 14.4. The number of alkyl halides is 1. The molecule has 2 aromatic rings. The molecule has 1 aliphatic rings. The number of aromatic amines is 2. The molecular weight excluding hydrogens is 277 g/mol. The number of aromatic nitrogens is 2. The van der Waals surface area contributed by atoms with Gasteiger partial charge in [0.1, 0.15) is 6.17 Å². The number of H-pyrrole nitrogens is 2. The van der Waals surface area contributed by atoms with Gasteiger partial charge < -0.3 is 15.7 Å². The molecule has 0 spiro atoms. The highest BCUT2D eigenvalue weighted by molar-refractivity contribution is 5.70. The molecule has 4 N–H and O–H groups in total. The van der Waals surface area contributed by atoms with Gasteiger partial charge in [-0.1, -0.05) is 19.2 Å². The summed E-state index contributed by atoms with van der Waals surface area (Å²) in [6.45, 7) is 11.8. The Morgan fingerprint density at radius 2 is 2.14 bits per heavy atom. The summed E-state index contributed by atoms with van der Waals surface area (Å²) in [5.41, 5.74) is 10.4. The van der Waals surface area contributed by atoms with Crippen LogP contribution >= 0.6 is 0 Å². The summed E-state index contributed by atoms with van der Waals surface area (Å²) in [5, 5.41) is 3.58. The van der Waals surface area contributed by atoms with E-state index in [0.29, 0.717) is 12.1 Å². The smallest absolute Gasteiger partial charge is 0.124 e.